The van der Waals surface area contributed by atoms with Crippen LogP contribution in [0.25, 0.3) is 0 Å². The fraction of sp³-hybridized carbons (Fsp3) is 0.579. The van der Waals surface area contributed by atoms with Gasteiger partial charge in [0.1, 0.15) is 0 Å². The zero-order chi connectivity index (χ0) is 17.5. The van der Waals surface area contributed by atoms with Gasteiger partial charge in [-0.05, 0) is 44.2 Å². The topological polar surface area (TPSA) is 61.4 Å². The minimum atomic E-state index is -0.00623. The van der Waals surface area contributed by atoms with Gasteiger partial charge < -0.3 is 10.6 Å². The predicted molar refractivity (Wildman–Crippen MR) is 97.1 cm³/mol. The Morgan fingerprint density at radius 2 is 1.83 bits per heavy atom. The van der Waals surface area contributed by atoms with Crippen molar-refractivity contribution in [3.63, 3.8) is 0 Å². The van der Waals surface area contributed by atoms with Gasteiger partial charge in [-0.3, -0.25) is 14.5 Å². The number of benzene rings is 1. The molecule has 1 aliphatic rings. The van der Waals surface area contributed by atoms with Crippen LogP contribution in [0.1, 0.15) is 43.7 Å². The third-order valence-electron chi connectivity index (χ3n) is 4.35. The van der Waals surface area contributed by atoms with Gasteiger partial charge >= 0.3 is 0 Å². The minimum absolute atomic E-state index is 0.00623. The van der Waals surface area contributed by atoms with E-state index in [2.05, 4.69) is 15.5 Å². The smallest absolute Gasteiger partial charge is 0.238 e. The van der Waals surface area contributed by atoms with Gasteiger partial charge in [0, 0.05) is 31.2 Å². The number of amides is 2. The molecule has 2 N–H and O–H groups in total. The van der Waals surface area contributed by atoms with Crippen LogP contribution in [-0.2, 0) is 9.59 Å². The summed E-state index contributed by atoms with van der Waals surface area (Å²) in [5.74, 6) is 0.0610. The first kappa shape index (κ1) is 18.5. The molecule has 0 bridgehead atoms. The molecule has 1 aromatic rings. The number of carbonyl (C=O) groups excluding carboxylic acids is 2. The SMILES string of the molecule is CCCNC(=O)CCN(CC(=O)Nc1c(C)cccc1C)C1CC1. The van der Waals surface area contributed by atoms with Crippen molar-refractivity contribution < 1.29 is 9.59 Å². The number of hydrogen-bond donors (Lipinski definition) is 2. The minimum Gasteiger partial charge on any atom is -0.356 e. The van der Waals surface area contributed by atoms with Gasteiger partial charge in [-0.15, -0.1) is 0 Å². The largest absolute Gasteiger partial charge is 0.356 e. The molecule has 0 spiro atoms. The average Bonchev–Trinajstić information content (AvgIpc) is 3.38. The van der Waals surface area contributed by atoms with E-state index in [-0.39, 0.29) is 11.8 Å². The van der Waals surface area contributed by atoms with E-state index in [1.807, 2.05) is 39.0 Å². The molecule has 0 aromatic heterocycles. The molecule has 0 radical (unpaired) electrons. The van der Waals surface area contributed by atoms with E-state index in [9.17, 15) is 9.59 Å². The number of carbonyl (C=O) groups is 2. The number of aryl methyl sites for hydroxylation is 2. The fourth-order valence-corrected chi connectivity index (χ4v) is 2.80. The van der Waals surface area contributed by atoms with Crippen LogP contribution >= 0.6 is 0 Å². The molecule has 0 aliphatic heterocycles. The Morgan fingerprint density at radius 1 is 1.17 bits per heavy atom. The summed E-state index contributed by atoms with van der Waals surface area (Å²) in [7, 11) is 0. The van der Waals surface area contributed by atoms with Gasteiger partial charge in [0.25, 0.3) is 0 Å². The first-order chi connectivity index (χ1) is 11.5. The van der Waals surface area contributed by atoms with Crippen molar-refractivity contribution in [1.82, 2.24) is 10.2 Å². The van der Waals surface area contributed by atoms with Crippen LogP contribution < -0.4 is 10.6 Å². The number of nitrogens with one attached hydrogen (secondary N) is 2. The highest BCUT2D eigenvalue weighted by molar-refractivity contribution is 5.93. The van der Waals surface area contributed by atoms with E-state index in [1.165, 1.54) is 0 Å². The zero-order valence-electron chi connectivity index (χ0n) is 15.0. The normalized spacial score (nSPS) is 13.8. The molecular formula is C19H29N3O2. The maximum absolute atomic E-state index is 12.4. The standard InChI is InChI=1S/C19H29N3O2/c1-4-11-20-17(23)10-12-22(16-8-9-16)13-18(24)21-19-14(2)6-5-7-15(19)3/h5-7,16H,4,8-13H2,1-3H3,(H,20,23)(H,21,24). The summed E-state index contributed by atoms with van der Waals surface area (Å²) in [5.41, 5.74) is 3.04. The van der Waals surface area contributed by atoms with E-state index in [1.54, 1.807) is 0 Å². The average molecular weight is 331 g/mol. The molecule has 2 amide bonds. The van der Waals surface area contributed by atoms with Crippen molar-refractivity contribution in [2.24, 2.45) is 0 Å². The molecular weight excluding hydrogens is 302 g/mol. The second-order valence-electron chi connectivity index (χ2n) is 6.62. The van der Waals surface area contributed by atoms with E-state index in [0.29, 0.717) is 25.6 Å². The lowest BCUT2D eigenvalue weighted by atomic mass is 10.1. The molecule has 132 valence electrons. The molecule has 5 heteroatoms. The Labute approximate surface area is 144 Å². The Hall–Kier alpha value is -1.88. The maximum Gasteiger partial charge on any atom is 0.238 e. The Kier molecular flexibility index (Phi) is 6.79. The number of nitrogens with zero attached hydrogens (tertiary/aromatic N) is 1. The first-order valence-electron chi connectivity index (χ1n) is 8.88. The van der Waals surface area contributed by atoms with Crippen LogP contribution in [0.2, 0.25) is 0 Å². The lowest BCUT2D eigenvalue weighted by Gasteiger charge is -2.22. The molecule has 5 nitrogen and oxygen atoms in total. The summed E-state index contributed by atoms with van der Waals surface area (Å²) in [6.45, 7) is 7.74. The zero-order valence-corrected chi connectivity index (χ0v) is 15.0. The third kappa shape index (κ3) is 5.64. The van der Waals surface area contributed by atoms with Gasteiger partial charge in [-0.1, -0.05) is 25.1 Å². The highest BCUT2D eigenvalue weighted by atomic mass is 16.2. The van der Waals surface area contributed by atoms with Gasteiger partial charge in [0.2, 0.25) is 11.8 Å². The summed E-state index contributed by atoms with van der Waals surface area (Å²) in [6.07, 6.45) is 3.63. The Balaban J connectivity index is 1.86. The molecule has 1 fully saturated rings. The summed E-state index contributed by atoms with van der Waals surface area (Å²) in [5, 5.41) is 5.92. The van der Waals surface area contributed by atoms with Gasteiger partial charge in [0.05, 0.1) is 6.54 Å². The Morgan fingerprint density at radius 3 is 2.42 bits per heavy atom. The number of anilines is 1. The van der Waals surface area contributed by atoms with Crippen molar-refractivity contribution in [2.45, 2.75) is 52.5 Å². The molecule has 0 atom stereocenters. The third-order valence-corrected chi connectivity index (χ3v) is 4.35. The maximum atomic E-state index is 12.4. The number of rotatable bonds is 9. The van der Waals surface area contributed by atoms with Crippen molar-refractivity contribution >= 4 is 17.5 Å². The van der Waals surface area contributed by atoms with Crippen molar-refractivity contribution in [3.8, 4) is 0 Å². The Bertz CT molecular complexity index is 562. The van der Waals surface area contributed by atoms with Crippen molar-refractivity contribution in [2.75, 3.05) is 25.0 Å². The lowest BCUT2D eigenvalue weighted by molar-refractivity contribution is -0.122. The van der Waals surface area contributed by atoms with Crippen LogP contribution in [0.4, 0.5) is 5.69 Å². The van der Waals surface area contributed by atoms with Gasteiger partial charge in [-0.2, -0.15) is 0 Å². The molecule has 24 heavy (non-hydrogen) atoms. The van der Waals surface area contributed by atoms with Crippen molar-refractivity contribution in [1.29, 1.82) is 0 Å². The predicted octanol–water partition coefficient (Wildman–Crippen LogP) is 2.62. The molecule has 1 aromatic carbocycles. The van der Waals surface area contributed by atoms with E-state index in [0.717, 1.165) is 42.6 Å². The molecule has 0 heterocycles. The first-order valence-corrected chi connectivity index (χ1v) is 8.88. The van der Waals surface area contributed by atoms with E-state index < -0.39 is 0 Å². The van der Waals surface area contributed by atoms with Crippen LogP contribution in [0.5, 0.6) is 0 Å². The van der Waals surface area contributed by atoms with Crippen LogP contribution in [0, 0.1) is 13.8 Å². The summed E-state index contributed by atoms with van der Waals surface area (Å²) < 4.78 is 0. The van der Waals surface area contributed by atoms with Crippen LogP contribution in [-0.4, -0.2) is 42.4 Å². The highest BCUT2D eigenvalue weighted by Crippen LogP contribution is 2.27. The molecule has 1 aliphatic carbocycles. The fourth-order valence-electron chi connectivity index (χ4n) is 2.80. The van der Waals surface area contributed by atoms with E-state index in [4.69, 9.17) is 0 Å². The van der Waals surface area contributed by atoms with Gasteiger partial charge in [0.15, 0.2) is 0 Å². The number of hydrogen-bond acceptors (Lipinski definition) is 3. The monoisotopic (exact) mass is 331 g/mol. The highest BCUT2D eigenvalue weighted by Gasteiger charge is 2.30. The van der Waals surface area contributed by atoms with Crippen molar-refractivity contribution in [3.05, 3.63) is 29.3 Å². The summed E-state index contributed by atoms with van der Waals surface area (Å²) in [6, 6.07) is 6.44. The van der Waals surface area contributed by atoms with E-state index >= 15 is 0 Å². The second-order valence-corrected chi connectivity index (χ2v) is 6.62. The molecule has 1 saturated carbocycles. The second kappa shape index (κ2) is 8.83. The molecule has 0 saturated heterocycles. The van der Waals surface area contributed by atoms with Gasteiger partial charge in [-0.25, -0.2) is 0 Å². The summed E-state index contributed by atoms with van der Waals surface area (Å²) in [4.78, 5) is 26.3. The number of para-hydroxylation sites is 1. The quantitative estimate of drug-likeness (QED) is 0.731. The van der Waals surface area contributed by atoms with Crippen LogP contribution in [0.15, 0.2) is 18.2 Å². The molecule has 0 unspecified atom stereocenters. The van der Waals surface area contributed by atoms with Crippen LogP contribution in [0.3, 0.4) is 0 Å². The molecule has 2 rings (SSSR count). The lowest BCUT2D eigenvalue weighted by Crippen LogP contribution is -2.38. The summed E-state index contributed by atoms with van der Waals surface area (Å²) >= 11 is 0.